The summed E-state index contributed by atoms with van der Waals surface area (Å²) in [6.45, 7) is 3.70. The highest BCUT2D eigenvalue weighted by Gasteiger charge is 2.13. The van der Waals surface area contributed by atoms with Crippen LogP contribution in [0.15, 0.2) is 66.7 Å². The van der Waals surface area contributed by atoms with E-state index in [1.807, 2.05) is 61.5 Å². The van der Waals surface area contributed by atoms with E-state index in [9.17, 15) is 5.11 Å². The SMILES string of the molecule is CCOc1cccc(CNC[C@H](O)c2ccccc2)c1OCc1ccc(Cl)cc1Cl. The summed E-state index contributed by atoms with van der Waals surface area (Å²) < 4.78 is 11.9. The number of halogens is 2. The van der Waals surface area contributed by atoms with Crippen LogP contribution >= 0.6 is 23.2 Å². The van der Waals surface area contributed by atoms with Gasteiger partial charge in [0.05, 0.1) is 12.7 Å². The van der Waals surface area contributed by atoms with Crippen LogP contribution in [0.5, 0.6) is 11.5 Å². The average molecular weight is 446 g/mol. The third-order valence-corrected chi connectivity index (χ3v) is 5.17. The molecule has 0 heterocycles. The molecule has 0 spiro atoms. The van der Waals surface area contributed by atoms with E-state index in [1.165, 1.54) is 0 Å². The topological polar surface area (TPSA) is 50.7 Å². The molecule has 0 aliphatic rings. The molecule has 3 aromatic rings. The molecule has 0 saturated carbocycles. The molecule has 4 nitrogen and oxygen atoms in total. The molecule has 30 heavy (non-hydrogen) atoms. The summed E-state index contributed by atoms with van der Waals surface area (Å²) in [6.07, 6.45) is -0.585. The van der Waals surface area contributed by atoms with Crippen molar-refractivity contribution in [3.63, 3.8) is 0 Å². The molecule has 0 aliphatic carbocycles. The second-order valence-corrected chi connectivity index (χ2v) is 7.60. The molecular formula is C24H25Cl2NO3. The van der Waals surface area contributed by atoms with Gasteiger partial charge in [-0.15, -0.1) is 0 Å². The molecule has 0 bridgehead atoms. The van der Waals surface area contributed by atoms with Crippen LogP contribution < -0.4 is 14.8 Å². The number of aliphatic hydroxyl groups excluding tert-OH is 1. The van der Waals surface area contributed by atoms with Gasteiger partial charge in [0.25, 0.3) is 0 Å². The van der Waals surface area contributed by atoms with Crippen LogP contribution in [0.4, 0.5) is 0 Å². The predicted octanol–water partition coefficient (Wildman–Crippen LogP) is 5.79. The summed E-state index contributed by atoms with van der Waals surface area (Å²) >= 11 is 12.3. The van der Waals surface area contributed by atoms with E-state index in [0.717, 1.165) is 16.7 Å². The molecule has 6 heteroatoms. The average Bonchev–Trinajstić information content (AvgIpc) is 2.75. The molecule has 1 atom stereocenters. The van der Waals surface area contributed by atoms with Crippen molar-refractivity contribution in [2.45, 2.75) is 26.2 Å². The number of rotatable bonds is 10. The van der Waals surface area contributed by atoms with Gasteiger partial charge in [-0.2, -0.15) is 0 Å². The molecule has 0 saturated heterocycles. The summed E-state index contributed by atoms with van der Waals surface area (Å²) in [6, 6.07) is 20.7. The van der Waals surface area contributed by atoms with Gasteiger partial charge in [0.15, 0.2) is 11.5 Å². The molecule has 0 amide bonds. The van der Waals surface area contributed by atoms with Gasteiger partial charge in [-0.05, 0) is 30.7 Å². The zero-order valence-electron chi connectivity index (χ0n) is 16.8. The second kappa shape index (κ2) is 11.2. The van der Waals surface area contributed by atoms with E-state index >= 15 is 0 Å². The van der Waals surface area contributed by atoms with E-state index in [-0.39, 0.29) is 0 Å². The van der Waals surface area contributed by atoms with Crippen molar-refractivity contribution in [1.29, 1.82) is 0 Å². The van der Waals surface area contributed by atoms with Gasteiger partial charge >= 0.3 is 0 Å². The molecule has 0 fully saturated rings. The lowest BCUT2D eigenvalue weighted by Gasteiger charge is -2.18. The van der Waals surface area contributed by atoms with Crippen molar-refractivity contribution in [1.82, 2.24) is 5.32 Å². The maximum atomic E-state index is 10.4. The summed E-state index contributed by atoms with van der Waals surface area (Å²) in [7, 11) is 0. The van der Waals surface area contributed by atoms with Crippen molar-refractivity contribution in [3.8, 4) is 11.5 Å². The lowest BCUT2D eigenvalue weighted by Crippen LogP contribution is -2.21. The van der Waals surface area contributed by atoms with Crippen LogP contribution in [0, 0.1) is 0 Å². The molecule has 0 aliphatic heterocycles. The molecule has 0 radical (unpaired) electrons. The first-order valence-corrected chi connectivity index (χ1v) is 10.6. The van der Waals surface area contributed by atoms with Crippen molar-refractivity contribution in [3.05, 3.63) is 93.5 Å². The fourth-order valence-corrected chi connectivity index (χ4v) is 3.52. The van der Waals surface area contributed by atoms with Gasteiger partial charge in [-0.25, -0.2) is 0 Å². The number of nitrogens with one attached hydrogen (secondary N) is 1. The first-order valence-electron chi connectivity index (χ1n) is 9.83. The Morgan fingerprint density at radius 1 is 0.933 bits per heavy atom. The molecule has 3 aromatic carbocycles. The summed E-state index contributed by atoms with van der Waals surface area (Å²) in [4.78, 5) is 0. The Balaban J connectivity index is 1.69. The lowest BCUT2D eigenvalue weighted by atomic mass is 10.1. The fraction of sp³-hybridized carbons (Fsp3) is 0.250. The monoisotopic (exact) mass is 445 g/mol. The highest BCUT2D eigenvalue weighted by molar-refractivity contribution is 6.35. The number of aliphatic hydroxyl groups is 1. The molecular weight excluding hydrogens is 421 g/mol. The van der Waals surface area contributed by atoms with Crippen LogP contribution in [0.3, 0.4) is 0 Å². The van der Waals surface area contributed by atoms with Crippen molar-refractivity contribution < 1.29 is 14.6 Å². The number of para-hydroxylation sites is 1. The largest absolute Gasteiger partial charge is 0.490 e. The van der Waals surface area contributed by atoms with E-state index in [2.05, 4.69) is 5.32 Å². The minimum Gasteiger partial charge on any atom is -0.490 e. The van der Waals surface area contributed by atoms with Crippen molar-refractivity contribution >= 4 is 23.2 Å². The normalized spacial score (nSPS) is 11.9. The minimum absolute atomic E-state index is 0.291. The first kappa shape index (κ1) is 22.4. The van der Waals surface area contributed by atoms with Gasteiger partial charge in [0.2, 0.25) is 0 Å². The quantitative estimate of drug-likeness (QED) is 0.414. The number of ether oxygens (including phenoxy) is 2. The molecule has 3 rings (SSSR count). The molecule has 158 valence electrons. The van der Waals surface area contributed by atoms with Crippen LogP contribution in [0.2, 0.25) is 10.0 Å². The van der Waals surface area contributed by atoms with E-state index in [0.29, 0.717) is 47.8 Å². The van der Waals surface area contributed by atoms with Gasteiger partial charge in [-0.1, -0.05) is 71.7 Å². The highest BCUT2D eigenvalue weighted by atomic mass is 35.5. The smallest absolute Gasteiger partial charge is 0.166 e. The number of hydrogen-bond acceptors (Lipinski definition) is 4. The third-order valence-electron chi connectivity index (χ3n) is 4.58. The Morgan fingerprint density at radius 2 is 1.73 bits per heavy atom. The van der Waals surface area contributed by atoms with Gasteiger partial charge < -0.3 is 19.9 Å². The summed E-state index contributed by atoms with van der Waals surface area (Å²) in [5, 5.41) is 14.8. The van der Waals surface area contributed by atoms with Crippen molar-refractivity contribution in [2.75, 3.05) is 13.2 Å². The zero-order chi connectivity index (χ0) is 21.3. The maximum Gasteiger partial charge on any atom is 0.166 e. The predicted molar refractivity (Wildman–Crippen MR) is 122 cm³/mol. The van der Waals surface area contributed by atoms with E-state index in [1.54, 1.807) is 12.1 Å². The minimum atomic E-state index is -0.585. The number of hydrogen-bond donors (Lipinski definition) is 2. The molecule has 0 aromatic heterocycles. The third kappa shape index (κ3) is 6.13. The highest BCUT2D eigenvalue weighted by Crippen LogP contribution is 2.33. The van der Waals surface area contributed by atoms with Gasteiger partial charge in [-0.3, -0.25) is 0 Å². The second-order valence-electron chi connectivity index (χ2n) is 6.76. The number of benzene rings is 3. The fourth-order valence-electron chi connectivity index (χ4n) is 3.06. The van der Waals surface area contributed by atoms with Crippen LogP contribution in [-0.4, -0.2) is 18.3 Å². The maximum absolute atomic E-state index is 10.4. The Kier molecular flexibility index (Phi) is 8.40. The van der Waals surface area contributed by atoms with Crippen molar-refractivity contribution in [2.24, 2.45) is 0 Å². The summed E-state index contributed by atoms with van der Waals surface area (Å²) in [5.41, 5.74) is 2.65. The Labute approximate surface area is 187 Å². The van der Waals surface area contributed by atoms with Crippen LogP contribution in [-0.2, 0) is 13.2 Å². The van der Waals surface area contributed by atoms with Gasteiger partial charge in [0.1, 0.15) is 6.61 Å². The first-order chi connectivity index (χ1) is 14.6. The van der Waals surface area contributed by atoms with E-state index in [4.69, 9.17) is 32.7 Å². The van der Waals surface area contributed by atoms with Gasteiger partial charge in [0, 0.05) is 34.3 Å². The Morgan fingerprint density at radius 3 is 2.47 bits per heavy atom. The van der Waals surface area contributed by atoms with E-state index < -0.39 is 6.10 Å². The summed E-state index contributed by atoms with van der Waals surface area (Å²) in [5.74, 6) is 1.33. The Hall–Kier alpha value is -2.24. The zero-order valence-corrected chi connectivity index (χ0v) is 18.3. The standard InChI is InChI=1S/C24H25Cl2NO3/c1-2-29-23-10-6-9-18(14-27-15-22(28)17-7-4-3-5-8-17)24(23)30-16-19-11-12-20(25)13-21(19)26/h3-13,22,27-28H,2,14-16H2,1H3/t22-/m0/s1. The molecule has 2 N–H and O–H groups in total. The Bertz CT molecular complexity index is 950. The van der Waals surface area contributed by atoms with Crippen LogP contribution in [0.25, 0.3) is 0 Å². The molecule has 0 unspecified atom stereocenters. The lowest BCUT2D eigenvalue weighted by molar-refractivity contribution is 0.174. The van der Waals surface area contributed by atoms with Crippen LogP contribution in [0.1, 0.15) is 29.7 Å².